The molecule has 2 heterocycles. The minimum absolute atomic E-state index is 0.407. The molecule has 27 heavy (non-hydrogen) atoms. The van der Waals surface area contributed by atoms with Crippen LogP contribution in [0.1, 0.15) is 44.1 Å². The molecule has 2 atom stereocenters. The van der Waals surface area contributed by atoms with E-state index in [1.807, 2.05) is 0 Å². The van der Waals surface area contributed by atoms with Crippen molar-refractivity contribution in [3.05, 3.63) is 29.8 Å². The number of anilines is 1. The Morgan fingerprint density at radius 3 is 2.33 bits per heavy atom. The van der Waals surface area contributed by atoms with Crippen LogP contribution >= 0.6 is 0 Å². The van der Waals surface area contributed by atoms with E-state index in [0.29, 0.717) is 18.0 Å². The predicted molar refractivity (Wildman–Crippen MR) is 102 cm³/mol. The Hall–Kier alpha value is -1.27. The van der Waals surface area contributed by atoms with Gasteiger partial charge in [0.2, 0.25) is 0 Å². The molecule has 0 spiro atoms. The van der Waals surface area contributed by atoms with E-state index in [2.05, 4.69) is 9.80 Å². The van der Waals surface area contributed by atoms with Gasteiger partial charge in [-0.15, -0.1) is 0 Å². The van der Waals surface area contributed by atoms with Gasteiger partial charge in [0.25, 0.3) is 0 Å². The van der Waals surface area contributed by atoms with Crippen LogP contribution in [0.2, 0.25) is 0 Å². The monoisotopic (exact) mass is 381 g/mol. The summed E-state index contributed by atoms with van der Waals surface area (Å²) in [6.07, 6.45) is 2.99. The summed E-state index contributed by atoms with van der Waals surface area (Å²) in [6, 6.07) is 6.55. The second-order valence-electron chi connectivity index (χ2n) is 8.68. The number of nitrogens with two attached hydrogens (primary N) is 1. The average molecular weight is 381 g/mol. The SMILES string of the molecule is NC1CCC(CCN2CC3CCN(c4ccc(C(F)(F)F)cc4)C3C2)CC1. The molecule has 0 radical (unpaired) electrons. The number of fused-ring (bicyclic) bond motifs is 1. The average Bonchev–Trinajstić information content (AvgIpc) is 3.21. The van der Waals surface area contributed by atoms with Gasteiger partial charge in [-0.3, -0.25) is 0 Å². The van der Waals surface area contributed by atoms with E-state index in [1.54, 1.807) is 12.1 Å². The first-order valence-corrected chi connectivity index (χ1v) is 10.3. The zero-order chi connectivity index (χ0) is 19.0. The first-order chi connectivity index (χ1) is 12.9. The molecular weight excluding hydrogens is 351 g/mol. The van der Waals surface area contributed by atoms with Gasteiger partial charge >= 0.3 is 6.18 Å². The van der Waals surface area contributed by atoms with Gasteiger partial charge in [0.05, 0.1) is 5.56 Å². The van der Waals surface area contributed by atoms with Gasteiger partial charge in [-0.2, -0.15) is 13.2 Å². The summed E-state index contributed by atoms with van der Waals surface area (Å²) >= 11 is 0. The van der Waals surface area contributed by atoms with Gasteiger partial charge in [-0.25, -0.2) is 0 Å². The summed E-state index contributed by atoms with van der Waals surface area (Å²) in [5, 5.41) is 0. The summed E-state index contributed by atoms with van der Waals surface area (Å²) in [5.74, 6) is 1.46. The van der Waals surface area contributed by atoms with Crippen molar-refractivity contribution < 1.29 is 13.2 Å². The molecule has 3 fully saturated rings. The summed E-state index contributed by atoms with van der Waals surface area (Å²) in [7, 11) is 0. The molecule has 3 nitrogen and oxygen atoms in total. The number of benzene rings is 1. The third-order valence-corrected chi connectivity index (χ3v) is 6.89. The molecule has 3 aliphatic rings. The highest BCUT2D eigenvalue weighted by molar-refractivity contribution is 5.50. The molecule has 6 heteroatoms. The Morgan fingerprint density at radius 1 is 0.963 bits per heavy atom. The lowest BCUT2D eigenvalue weighted by molar-refractivity contribution is -0.137. The maximum atomic E-state index is 12.8. The Balaban J connectivity index is 1.32. The molecule has 2 N–H and O–H groups in total. The van der Waals surface area contributed by atoms with Crippen LogP contribution < -0.4 is 10.6 Å². The van der Waals surface area contributed by atoms with E-state index in [1.165, 1.54) is 31.4 Å². The zero-order valence-electron chi connectivity index (χ0n) is 15.8. The molecular formula is C21H30F3N3. The van der Waals surface area contributed by atoms with E-state index >= 15 is 0 Å². The van der Waals surface area contributed by atoms with Crippen molar-refractivity contribution >= 4 is 5.69 Å². The van der Waals surface area contributed by atoms with E-state index < -0.39 is 11.7 Å². The molecule has 4 rings (SSSR count). The number of alkyl halides is 3. The van der Waals surface area contributed by atoms with Crippen molar-refractivity contribution in [2.24, 2.45) is 17.6 Å². The Morgan fingerprint density at radius 2 is 1.67 bits per heavy atom. The maximum absolute atomic E-state index is 12.8. The van der Waals surface area contributed by atoms with Gasteiger partial charge in [-0.05, 0) is 81.2 Å². The van der Waals surface area contributed by atoms with Crippen molar-refractivity contribution in [2.45, 2.75) is 56.8 Å². The summed E-state index contributed by atoms with van der Waals surface area (Å²) in [4.78, 5) is 4.89. The van der Waals surface area contributed by atoms with Gasteiger partial charge in [0.15, 0.2) is 0 Å². The topological polar surface area (TPSA) is 32.5 Å². The largest absolute Gasteiger partial charge is 0.416 e. The summed E-state index contributed by atoms with van der Waals surface area (Å²) in [6.45, 7) is 4.27. The molecule has 1 aliphatic carbocycles. The van der Waals surface area contributed by atoms with Crippen molar-refractivity contribution in [1.82, 2.24) is 4.90 Å². The third-order valence-electron chi connectivity index (χ3n) is 6.89. The molecule has 2 aliphatic heterocycles. The quantitative estimate of drug-likeness (QED) is 0.851. The molecule has 2 saturated heterocycles. The minimum atomic E-state index is -4.26. The molecule has 0 bridgehead atoms. The number of nitrogens with zero attached hydrogens (tertiary/aromatic N) is 2. The van der Waals surface area contributed by atoms with Crippen LogP contribution in [0.4, 0.5) is 18.9 Å². The molecule has 150 valence electrons. The van der Waals surface area contributed by atoms with Crippen LogP contribution in [-0.4, -0.2) is 43.2 Å². The van der Waals surface area contributed by atoms with Crippen molar-refractivity contribution in [1.29, 1.82) is 0 Å². The number of halogens is 3. The molecule has 1 saturated carbocycles. The van der Waals surface area contributed by atoms with Gasteiger partial charge < -0.3 is 15.5 Å². The van der Waals surface area contributed by atoms with Crippen LogP contribution in [0.5, 0.6) is 0 Å². The predicted octanol–water partition coefficient (Wildman–Crippen LogP) is 4.12. The number of likely N-dealkylation sites (tertiary alicyclic amines) is 1. The minimum Gasteiger partial charge on any atom is -0.367 e. The van der Waals surface area contributed by atoms with Crippen LogP contribution in [0.15, 0.2) is 24.3 Å². The van der Waals surface area contributed by atoms with Crippen LogP contribution in [-0.2, 0) is 6.18 Å². The van der Waals surface area contributed by atoms with Crippen LogP contribution in [0.3, 0.4) is 0 Å². The van der Waals surface area contributed by atoms with E-state index in [4.69, 9.17) is 5.73 Å². The zero-order valence-corrected chi connectivity index (χ0v) is 15.8. The van der Waals surface area contributed by atoms with Gasteiger partial charge in [-0.1, -0.05) is 0 Å². The highest BCUT2D eigenvalue weighted by atomic mass is 19.4. The summed E-state index contributed by atoms with van der Waals surface area (Å²) in [5.41, 5.74) is 6.36. The van der Waals surface area contributed by atoms with Crippen molar-refractivity contribution in [3.8, 4) is 0 Å². The molecule has 0 amide bonds. The lowest BCUT2D eigenvalue weighted by atomic mass is 9.84. The maximum Gasteiger partial charge on any atom is 0.416 e. The Bertz CT molecular complexity index is 623. The molecule has 1 aromatic carbocycles. The standard InChI is InChI=1S/C21H30F3N3/c22-21(23,24)17-3-7-19(8-4-17)27-12-10-16-13-26(14-20(16)27)11-9-15-1-5-18(25)6-2-15/h3-4,7-8,15-16,18,20H,1-2,5-6,9-14,25H2. The lowest BCUT2D eigenvalue weighted by Gasteiger charge is -2.29. The third kappa shape index (κ3) is 4.27. The highest BCUT2D eigenvalue weighted by Crippen LogP contribution is 2.37. The van der Waals surface area contributed by atoms with Crippen molar-refractivity contribution in [3.63, 3.8) is 0 Å². The van der Waals surface area contributed by atoms with E-state index in [-0.39, 0.29) is 0 Å². The Labute approximate surface area is 159 Å². The van der Waals surface area contributed by atoms with E-state index in [9.17, 15) is 13.2 Å². The van der Waals surface area contributed by atoms with Gasteiger partial charge in [0, 0.05) is 37.4 Å². The Kier molecular flexibility index (Phi) is 5.39. The second kappa shape index (κ2) is 7.63. The van der Waals surface area contributed by atoms with Crippen LogP contribution in [0, 0.1) is 11.8 Å². The number of hydrogen-bond acceptors (Lipinski definition) is 3. The summed E-state index contributed by atoms with van der Waals surface area (Å²) < 4.78 is 38.4. The highest BCUT2D eigenvalue weighted by Gasteiger charge is 2.41. The molecule has 2 unspecified atom stereocenters. The molecule has 1 aromatic rings. The van der Waals surface area contributed by atoms with Crippen LogP contribution in [0.25, 0.3) is 0 Å². The lowest BCUT2D eigenvalue weighted by Crippen LogP contribution is -2.36. The van der Waals surface area contributed by atoms with E-state index in [0.717, 1.165) is 57.0 Å². The molecule has 0 aromatic heterocycles. The fraction of sp³-hybridized carbons (Fsp3) is 0.714. The van der Waals surface area contributed by atoms with Gasteiger partial charge in [0.1, 0.15) is 0 Å². The normalized spacial score (nSPS) is 32.1. The fourth-order valence-electron chi connectivity index (χ4n) is 5.24. The smallest absolute Gasteiger partial charge is 0.367 e. The first-order valence-electron chi connectivity index (χ1n) is 10.3. The number of rotatable bonds is 4. The first kappa shape index (κ1) is 19.1. The second-order valence-corrected chi connectivity index (χ2v) is 8.68. The number of hydrogen-bond donors (Lipinski definition) is 1. The van der Waals surface area contributed by atoms with Crippen molar-refractivity contribution in [2.75, 3.05) is 31.1 Å². The fourth-order valence-corrected chi connectivity index (χ4v) is 5.24.